The molecule has 100 valence electrons. The minimum atomic E-state index is -0.600. The zero-order valence-electron chi connectivity index (χ0n) is 10.7. The van der Waals surface area contributed by atoms with Crippen LogP contribution in [0.15, 0.2) is 18.2 Å². The Balaban J connectivity index is 3.10. The van der Waals surface area contributed by atoms with Crippen molar-refractivity contribution in [3.63, 3.8) is 0 Å². The van der Waals surface area contributed by atoms with Gasteiger partial charge in [0.15, 0.2) is 0 Å². The Kier molecular flexibility index (Phi) is 4.83. The van der Waals surface area contributed by atoms with E-state index in [1.54, 1.807) is 11.0 Å². The third-order valence-electron chi connectivity index (χ3n) is 2.66. The molecule has 19 heavy (non-hydrogen) atoms. The molecule has 1 aromatic carbocycles. The number of benzene rings is 1. The monoisotopic (exact) mass is 262 g/mol. The number of likely N-dealkylation sites (N-methyl/N-ethyl adjacent to an activating group) is 2. The number of rotatable bonds is 5. The van der Waals surface area contributed by atoms with Crippen LogP contribution in [-0.2, 0) is 4.79 Å². The Bertz CT molecular complexity index is 536. The molecule has 0 radical (unpaired) electrons. The van der Waals surface area contributed by atoms with Crippen molar-refractivity contribution in [1.82, 2.24) is 5.32 Å². The molecule has 0 aliphatic rings. The topological polar surface area (TPSA) is 99.3 Å². The molecule has 7 heteroatoms. The summed E-state index contributed by atoms with van der Waals surface area (Å²) >= 11 is 0. The van der Waals surface area contributed by atoms with Crippen LogP contribution in [0.25, 0.3) is 0 Å². The van der Waals surface area contributed by atoms with Gasteiger partial charge < -0.3 is 10.2 Å². The summed E-state index contributed by atoms with van der Waals surface area (Å²) in [7, 11) is 1.53. The molecule has 1 aromatic rings. The molecule has 0 aliphatic heterocycles. The van der Waals surface area contributed by atoms with Crippen molar-refractivity contribution in [2.45, 2.75) is 6.92 Å². The van der Waals surface area contributed by atoms with Crippen LogP contribution < -0.4 is 10.2 Å². The van der Waals surface area contributed by atoms with Gasteiger partial charge in [0.05, 0.1) is 11.5 Å². The van der Waals surface area contributed by atoms with Crippen molar-refractivity contribution in [2.24, 2.45) is 0 Å². The molecule has 0 saturated heterocycles. The van der Waals surface area contributed by atoms with E-state index in [9.17, 15) is 14.9 Å². The van der Waals surface area contributed by atoms with Crippen LogP contribution in [0.3, 0.4) is 0 Å². The van der Waals surface area contributed by atoms with Crippen LogP contribution in [0.4, 0.5) is 11.4 Å². The number of nitrogens with one attached hydrogen (secondary N) is 1. The summed E-state index contributed by atoms with van der Waals surface area (Å²) in [4.78, 5) is 23.2. The predicted molar refractivity (Wildman–Crippen MR) is 69.8 cm³/mol. The van der Waals surface area contributed by atoms with E-state index < -0.39 is 4.92 Å². The van der Waals surface area contributed by atoms with Crippen LogP contribution in [0.2, 0.25) is 0 Å². The van der Waals surface area contributed by atoms with E-state index in [1.165, 1.54) is 25.2 Å². The molecule has 1 rings (SSSR count). The maximum absolute atomic E-state index is 11.4. The lowest BCUT2D eigenvalue weighted by Crippen LogP contribution is -2.35. The Hall–Kier alpha value is -2.62. The highest BCUT2D eigenvalue weighted by molar-refractivity contribution is 5.81. The molecule has 7 nitrogen and oxygen atoms in total. The van der Waals surface area contributed by atoms with E-state index >= 15 is 0 Å². The number of anilines is 1. The van der Waals surface area contributed by atoms with Gasteiger partial charge in [-0.15, -0.1) is 0 Å². The van der Waals surface area contributed by atoms with Gasteiger partial charge >= 0.3 is 0 Å². The first-order chi connectivity index (χ1) is 9.03. The third kappa shape index (κ3) is 3.42. The fraction of sp³-hybridized carbons (Fsp3) is 0.333. The van der Waals surface area contributed by atoms with Crippen LogP contribution >= 0.6 is 0 Å². The summed E-state index contributed by atoms with van der Waals surface area (Å²) in [5.41, 5.74) is 0.355. The number of nitrogens with zero attached hydrogens (tertiary/aromatic N) is 3. The van der Waals surface area contributed by atoms with Crippen molar-refractivity contribution >= 4 is 17.3 Å². The fourth-order valence-corrected chi connectivity index (χ4v) is 1.61. The number of amides is 1. The average Bonchev–Trinajstić information content (AvgIpc) is 2.43. The molecule has 0 heterocycles. The molecule has 0 atom stereocenters. The van der Waals surface area contributed by atoms with Crippen LogP contribution in [-0.4, -0.2) is 31.0 Å². The number of nitro groups is 1. The van der Waals surface area contributed by atoms with Gasteiger partial charge in [-0.3, -0.25) is 14.9 Å². The number of carbonyl (C=O) groups excluding carboxylic acids is 1. The number of carbonyl (C=O) groups is 1. The smallest absolute Gasteiger partial charge is 0.287 e. The van der Waals surface area contributed by atoms with Crippen molar-refractivity contribution < 1.29 is 9.72 Å². The summed E-state index contributed by atoms with van der Waals surface area (Å²) in [6.07, 6.45) is 0. The molecule has 0 bridgehead atoms. The van der Waals surface area contributed by atoms with Gasteiger partial charge in [0, 0.05) is 25.3 Å². The molecule has 1 amide bonds. The lowest BCUT2D eigenvalue weighted by molar-refractivity contribution is -0.385. The van der Waals surface area contributed by atoms with Crippen molar-refractivity contribution in [3.8, 4) is 6.07 Å². The van der Waals surface area contributed by atoms with Crippen molar-refractivity contribution in [2.75, 3.05) is 25.0 Å². The van der Waals surface area contributed by atoms with E-state index in [2.05, 4.69) is 5.32 Å². The van der Waals surface area contributed by atoms with Gasteiger partial charge in [0.25, 0.3) is 5.69 Å². The highest BCUT2D eigenvalue weighted by Crippen LogP contribution is 2.24. The maximum atomic E-state index is 11.4. The van der Waals surface area contributed by atoms with Crippen LogP contribution in [0.1, 0.15) is 12.5 Å². The minimum absolute atomic E-state index is 0.0159. The number of nitro benzene ring substituents is 1. The standard InChI is InChI=1S/C12H14N4O3/c1-3-15(8-12(17)14-2)10-4-5-11(16(18)19)9(6-10)7-13/h4-6H,3,8H2,1-2H3,(H,14,17). The van der Waals surface area contributed by atoms with E-state index in [0.717, 1.165) is 0 Å². The SMILES string of the molecule is CCN(CC(=O)NC)c1ccc([N+](=O)[O-])c(C#N)c1. The highest BCUT2D eigenvalue weighted by atomic mass is 16.6. The Labute approximate surface area is 110 Å². The first kappa shape index (κ1) is 14.4. The van der Waals surface area contributed by atoms with E-state index in [4.69, 9.17) is 5.26 Å². The summed E-state index contributed by atoms with van der Waals surface area (Å²) in [6.45, 7) is 2.54. The molecule has 0 fully saturated rings. The van der Waals surface area contributed by atoms with Gasteiger partial charge in [0.1, 0.15) is 11.6 Å². The molecule has 0 spiro atoms. The first-order valence-electron chi connectivity index (χ1n) is 5.67. The average molecular weight is 262 g/mol. The first-order valence-corrected chi connectivity index (χ1v) is 5.67. The molecule has 0 unspecified atom stereocenters. The molecule has 0 saturated carbocycles. The second-order valence-electron chi connectivity index (χ2n) is 3.76. The summed E-state index contributed by atoms with van der Waals surface area (Å²) < 4.78 is 0. The largest absolute Gasteiger partial charge is 0.362 e. The second kappa shape index (κ2) is 6.35. The molecular formula is C12H14N4O3. The quantitative estimate of drug-likeness (QED) is 0.631. The summed E-state index contributed by atoms with van der Waals surface area (Å²) in [5.74, 6) is -0.168. The molecule has 1 N–H and O–H groups in total. The maximum Gasteiger partial charge on any atom is 0.287 e. The van der Waals surface area contributed by atoms with Gasteiger partial charge in [-0.1, -0.05) is 0 Å². The predicted octanol–water partition coefficient (Wildman–Crippen LogP) is 1.04. The summed E-state index contributed by atoms with van der Waals surface area (Å²) in [6, 6.07) is 6.03. The van der Waals surface area contributed by atoms with Gasteiger partial charge in [-0.25, -0.2) is 0 Å². The molecular weight excluding hydrogens is 248 g/mol. The van der Waals surface area contributed by atoms with Gasteiger partial charge in [-0.2, -0.15) is 5.26 Å². The Morgan fingerprint density at radius 2 is 2.26 bits per heavy atom. The lowest BCUT2D eigenvalue weighted by atomic mass is 10.1. The Morgan fingerprint density at radius 1 is 1.58 bits per heavy atom. The van der Waals surface area contributed by atoms with E-state index in [1.807, 2.05) is 6.92 Å². The van der Waals surface area contributed by atoms with Crippen molar-refractivity contribution in [1.29, 1.82) is 5.26 Å². The van der Waals surface area contributed by atoms with E-state index in [-0.39, 0.29) is 23.7 Å². The van der Waals surface area contributed by atoms with E-state index in [0.29, 0.717) is 12.2 Å². The summed E-state index contributed by atoms with van der Waals surface area (Å²) in [5, 5.41) is 22.2. The number of hydrogen-bond donors (Lipinski definition) is 1. The van der Waals surface area contributed by atoms with Crippen molar-refractivity contribution in [3.05, 3.63) is 33.9 Å². The highest BCUT2D eigenvalue weighted by Gasteiger charge is 2.16. The second-order valence-corrected chi connectivity index (χ2v) is 3.76. The third-order valence-corrected chi connectivity index (χ3v) is 2.66. The normalized spacial score (nSPS) is 9.53. The minimum Gasteiger partial charge on any atom is -0.362 e. The van der Waals surface area contributed by atoms with Crippen LogP contribution in [0, 0.1) is 21.4 Å². The van der Waals surface area contributed by atoms with Gasteiger partial charge in [-0.05, 0) is 19.1 Å². The lowest BCUT2D eigenvalue weighted by Gasteiger charge is -2.22. The zero-order valence-corrected chi connectivity index (χ0v) is 10.7. The van der Waals surface area contributed by atoms with Gasteiger partial charge in [0.2, 0.25) is 5.91 Å². The number of hydrogen-bond acceptors (Lipinski definition) is 5. The number of nitriles is 1. The molecule has 0 aromatic heterocycles. The fourth-order valence-electron chi connectivity index (χ4n) is 1.61. The zero-order chi connectivity index (χ0) is 14.4. The molecule has 0 aliphatic carbocycles. The van der Waals surface area contributed by atoms with Crippen LogP contribution in [0.5, 0.6) is 0 Å². The Morgan fingerprint density at radius 3 is 2.74 bits per heavy atom.